The molecule has 51 heavy (non-hydrogen) atoms. The van der Waals surface area contributed by atoms with Crippen LogP contribution in [0.1, 0.15) is 86.5 Å². The number of carboxylic acid groups (broad SMARTS) is 3. The summed E-state index contributed by atoms with van der Waals surface area (Å²) in [7, 11) is 0. The van der Waals surface area contributed by atoms with Gasteiger partial charge in [-0.3, -0.25) is 38.4 Å². The fourth-order valence-corrected chi connectivity index (χ4v) is 4.68. The number of carboxylic acids is 3. The van der Waals surface area contributed by atoms with E-state index in [1.54, 1.807) is 13.8 Å². The van der Waals surface area contributed by atoms with Crippen molar-refractivity contribution < 1.29 is 58.5 Å². The molecule has 0 aromatic heterocycles. The Bertz CT molecular complexity index is 1240. The lowest BCUT2D eigenvalue weighted by atomic mass is 10.0. The molecule has 0 fully saturated rings. The SMILES string of the molecule is CC(C)C[C@H](NC(=O)CNC(=O)CNC(=O)[C@H](CC(C)C)NC(=O)[C@@H](N)CC(C)C)C(=O)N[C@@H](CCC(=O)O)C(=O)N[C@@H](CCC(=O)O)C(=O)O. The molecule has 0 bridgehead atoms. The van der Waals surface area contributed by atoms with Gasteiger partial charge in [-0.15, -0.1) is 0 Å². The topological polar surface area (TPSA) is 313 Å². The van der Waals surface area contributed by atoms with Crippen molar-refractivity contribution in [1.82, 2.24) is 31.9 Å². The van der Waals surface area contributed by atoms with Gasteiger partial charge in [0, 0.05) is 12.8 Å². The molecule has 0 aliphatic heterocycles. The van der Waals surface area contributed by atoms with Gasteiger partial charge in [0.2, 0.25) is 35.4 Å². The van der Waals surface area contributed by atoms with Gasteiger partial charge in [-0.1, -0.05) is 41.5 Å². The van der Waals surface area contributed by atoms with E-state index in [9.17, 15) is 48.3 Å². The van der Waals surface area contributed by atoms with Crippen LogP contribution in [0.3, 0.4) is 0 Å². The highest BCUT2D eigenvalue weighted by Crippen LogP contribution is 2.09. The van der Waals surface area contributed by atoms with E-state index < -0.39 is 122 Å². The molecule has 0 unspecified atom stereocenters. The number of nitrogens with one attached hydrogen (secondary N) is 6. The Labute approximate surface area is 297 Å². The first-order valence-electron chi connectivity index (χ1n) is 16.8. The molecule has 0 heterocycles. The minimum absolute atomic E-state index is 0.0168. The second-order valence-electron chi connectivity index (χ2n) is 13.5. The van der Waals surface area contributed by atoms with E-state index in [-0.39, 0.29) is 30.6 Å². The first-order chi connectivity index (χ1) is 23.6. The van der Waals surface area contributed by atoms with Gasteiger partial charge < -0.3 is 53.0 Å². The second-order valence-corrected chi connectivity index (χ2v) is 13.5. The Morgan fingerprint density at radius 2 is 0.902 bits per heavy atom. The molecule has 0 aromatic carbocycles. The molecule has 0 spiro atoms. The van der Waals surface area contributed by atoms with Crippen LogP contribution in [0.2, 0.25) is 0 Å². The lowest BCUT2D eigenvalue weighted by Crippen LogP contribution is -2.57. The van der Waals surface area contributed by atoms with Crippen LogP contribution in [0.5, 0.6) is 0 Å². The number of carbonyl (C=O) groups is 9. The molecular weight excluding hydrogens is 674 g/mol. The molecule has 11 N–H and O–H groups in total. The van der Waals surface area contributed by atoms with E-state index in [4.69, 9.17) is 15.9 Å². The van der Waals surface area contributed by atoms with Gasteiger partial charge in [0.25, 0.3) is 0 Å². The van der Waals surface area contributed by atoms with Crippen molar-refractivity contribution in [1.29, 1.82) is 0 Å². The minimum atomic E-state index is -1.63. The molecule has 0 radical (unpaired) electrons. The van der Waals surface area contributed by atoms with Crippen molar-refractivity contribution in [2.75, 3.05) is 13.1 Å². The Hall–Kier alpha value is -4.81. The van der Waals surface area contributed by atoms with Crippen LogP contribution in [-0.2, 0) is 43.2 Å². The molecule has 0 saturated carbocycles. The molecule has 5 atom stereocenters. The van der Waals surface area contributed by atoms with Crippen LogP contribution in [0, 0.1) is 17.8 Å². The highest BCUT2D eigenvalue weighted by Gasteiger charge is 2.31. The van der Waals surface area contributed by atoms with Gasteiger partial charge in [-0.2, -0.15) is 0 Å². The zero-order chi connectivity index (χ0) is 39.4. The summed E-state index contributed by atoms with van der Waals surface area (Å²) < 4.78 is 0. The van der Waals surface area contributed by atoms with Crippen LogP contribution in [0.25, 0.3) is 0 Å². The maximum Gasteiger partial charge on any atom is 0.326 e. The normalized spacial score (nSPS) is 14.0. The quantitative estimate of drug-likeness (QED) is 0.0509. The van der Waals surface area contributed by atoms with Crippen LogP contribution >= 0.6 is 0 Å². The molecule has 0 aliphatic carbocycles. The number of carbonyl (C=O) groups excluding carboxylic acids is 6. The van der Waals surface area contributed by atoms with Crippen LogP contribution < -0.4 is 37.6 Å². The monoisotopic (exact) mass is 729 g/mol. The van der Waals surface area contributed by atoms with Gasteiger partial charge in [-0.25, -0.2) is 4.79 Å². The minimum Gasteiger partial charge on any atom is -0.481 e. The standard InChI is InChI=1S/C32H55N7O12/c1-16(2)11-19(33)28(46)39-22(12-17(3)4)29(47)35-14-24(40)34-15-25(41)36-23(13-18(5)6)31(49)37-20(7-9-26(42)43)30(48)38-21(32(50)51)8-10-27(44)45/h16-23H,7-15,33H2,1-6H3,(H,34,40)(H,35,47)(H,36,41)(H,37,49)(H,38,48)(H,39,46)(H,42,43)(H,44,45)(H,50,51)/t19-,20-,21-,22-,23-/m0/s1. The number of nitrogens with two attached hydrogens (primary N) is 1. The molecule has 19 nitrogen and oxygen atoms in total. The van der Waals surface area contributed by atoms with Crippen molar-refractivity contribution in [3.05, 3.63) is 0 Å². The summed E-state index contributed by atoms with van der Waals surface area (Å²) in [5.41, 5.74) is 5.93. The summed E-state index contributed by atoms with van der Waals surface area (Å²) in [6.07, 6.45) is -1.36. The maximum absolute atomic E-state index is 13.2. The van der Waals surface area contributed by atoms with Crippen LogP contribution in [-0.4, -0.2) is 112 Å². The third-order valence-corrected chi connectivity index (χ3v) is 7.17. The molecule has 0 aliphatic rings. The highest BCUT2D eigenvalue weighted by molar-refractivity contribution is 5.95. The number of hydrogen-bond acceptors (Lipinski definition) is 10. The van der Waals surface area contributed by atoms with E-state index in [0.29, 0.717) is 6.42 Å². The molecule has 0 rings (SSSR count). The van der Waals surface area contributed by atoms with Crippen molar-refractivity contribution >= 4 is 53.4 Å². The fraction of sp³-hybridized carbons (Fsp3) is 0.719. The van der Waals surface area contributed by atoms with Crippen molar-refractivity contribution in [3.8, 4) is 0 Å². The summed E-state index contributed by atoms with van der Waals surface area (Å²) >= 11 is 0. The third kappa shape index (κ3) is 21.1. The Morgan fingerprint density at radius 1 is 0.490 bits per heavy atom. The number of rotatable bonds is 25. The summed E-state index contributed by atoms with van der Waals surface area (Å²) in [5.74, 6) is -8.82. The fourth-order valence-electron chi connectivity index (χ4n) is 4.68. The number of amides is 6. The summed E-state index contributed by atoms with van der Waals surface area (Å²) in [6.45, 7) is 9.83. The smallest absolute Gasteiger partial charge is 0.326 e. The summed E-state index contributed by atoms with van der Waals surface area (Å²) in [6, 6.07) is -6.22. The van der Waals surface area contributed by atoms with E-state index >= 15 is 0 Å². The van der Waals surface area contributed by atoms with E-state index in [0.717, 1.165) is 0 Å². The zero-order valence-corrected chi connectivity index (χ0v) is 30.1. The number of aliphatic carboxylic acids is 3. The van der Waals surface area contributed by atoms with Gasteiger partial charge in [0.05, 0.1) is 19.1 Å². The van der Waals surface area contributed by atoms with E-state index in [2.05, 4.69) is 31.9 Å². The number of hydrogen-bond donors (Lipinski definition) is 10. The van der Waals surface area contributed by atoms with Crippen molar-refractivity contribution in [3.63, 3.8) is 0 Å². The molecular formula is C32H55N7O12. The lowest BCUT2D eigenvalue weighted by molar-refractivity contribution is -0.144. The first kappa shape index (κ1) is 46.2. The van der Waals surface area contributed by atoms with E-state index in [1.807, 2.05) is 27.7 Å². The summed E-state index contributed by atoms with van der Waals surface area (Å²) in [5, 5.41) is 41.6. The molecule has 290 valence electrons. The molecule has 19 heteroatoms. The molecule has 6 amide bonds. The van der Waals surface area contributed by atoms with Gasteiger partial charge >= 0.3 is 17.9 Å². The predicted octanol–water partition coefficient (Wildman–Crippen LogP) is -1.56. The average molecular weight is 730 g/mol. The van der Waals surface area contributed by atoms with Crippen molar-refractivity contribution in [2.45, 2.75) is 117 Å². The predicted molar refractivity (Wildman–Crippen MR) is 181 cm³/mol. The Morgan fingerprint density at radius 3 is 1.37 bits per heavy atom. The summed E-state index contributed by atoms with van der Waals surface area (Å²) in [4.78, 5) is 110. The van der Waals surface area contributed by atoms with Crippen LogP contribution in [0.4, 0.5) is 0 Å². The second kappa shape index (κ2) is 23.6. The third-order valence-electron chi connectivity index (χ3n) is 7.17. The van der Waals surface area contributed by atoms with Gasteiger partial charge in [0.15, 0.2) is 0 Å². The molecule has 0 saturated heterocycles. The van der Waals surface area contributed by atoms with Crippen LogP contribution in [0.15, 0.2) is 0 Å². The van der Waals surface area contributed by atoms with Crippen molar-refractivity contribution in [2.24, 2.45) is 23.5 Å². The van der Waals surface area contributed by atoms with E-state index in [1.165, 1.54) is 0 Å². The average Bonchev–Trinajstić information content (AvgIpc) is 3.00. The zero-order valence-electron chi connectivity index (χ0n) is 30.1. The largest absolute Gasteiger partial charge is 0.481 e. The highest BCUT2D eigenvalue weighted by atomic mass is 16.4. The maximum atomic E-state index is 13.2. The lowest BCUT2D eigenvalue weighted by Gasteiger charge is -2.25. The Balaban J connectivity index is 5.43. The Kier molecular flexibility index (Phi) is 21.3. The van der Waals surface area contributed by atoms with Gasteiger partial charge in [-0.05, 0) is 49.9 Å². The molecule has 0 aromatic rings. The first-order valence-corrected chi connectivity index (χ1v) is 16.8. The van der Waals surface area contributed by atoms with Gasteiger partial charge in [0.1, 0.15) is 24.2 Å².